The van der Waals surface area contributed by atoms with E-state index in [-0.39, 0.29) is 17.4 Å². The summed E-state index contributed by atoms with van der Waals surface area (Å²) in [7, 11) is 0. The number of aromatic carboxylic acids is 1. The third-order valence-electron chi connectivity index (χ3n) is 2.10. The number of carboxylic acids is 1. The van der Waals surface area contributed by atoms with Crippen molar-refractivity contribution in [3.63, 3.8) is 0 Å². The lowest BCUT2D eigenvalue weighted by atomic mass is 10.1. The molecule has 0 radical (unpaired) electrons. The Bertz CT molecular complexity index is 406. The molecule has 1 aromatic rings. The molecule has 16 heavy (non-hydrogen) atoms. The topological polar surface area (TPSA) is 66.4 Å². The lowest BCUT2D eigenvalue weighted by molar-refractivity contribution is -0.118. The van der Waals surface area contributed by atoms with Crippen molar-refractivity contribution >= 4 is 30.2 Å². The first-order valence-corrected chi connectivity index (χ1v) is 5.43. The first-order chi connectivity index (χ1) is 7.54. The Balaban J connectivity index is 2.78. The quantitative estimate of drug-likeness (QED) is 0.703. The molecule has 2 N–H and O–H groups in total. The SMILES string of the molecule is C[C@H](CS)C(=O)Nc1cccc(C(=O)O)c1. The van der Waals surface area contributed by atoms with E-state index in [1.165, 1.54) is 12.1 Å². The normalized spacial score (nSPS) is 11.9. The number of nitrogens with one attached hydrogen (secondary N) is 1. The van der Waals surface area contributed by atoms with Crippen molar-refractivity contribution in [2.24, 2.45) is 5.92 Å². The fraction of sp³-hybridized carbons (Fsp3) is 0.273. The molecule has 0 unspecified atom stereocenters. The Hall–Kier alpha value is -1.49. The molecule has 0 saturated carbocycles. The van der Waals surface area contributed by atoms with Crippen LogP contribution in [-0.2, 0) is 4.79 Å². The number of hydrogen-bond donors (Lipinski definition) is 3. The molecule has 0 saturated heterocycles. The van der Waals surface area contributed by atoms with E-state index in [0.717, 1.165) is 0 Å². The number of rotatable bonds is 4. The van der Waals surface area contributed by atoms with Crippen LogP contribution in [-0.4, -0.2) is 22.7 Å². The third-order valence-corrected chi connectivity index (χ3v) is 2.65. The van der Waals surface area contributed by atoms with Gasteiger partial charge in [-0.1, -0.05) is 13.0 Å². The van der Waals surface area contributed by atoms with Crippen molar-refractivity contribution in [3.8, 4) is 0 Å². The number of amides is 1. The van der Waals surface area contributed by atoms with Crippen LogP contribution in [0, 0.1) is 5.92 Å². The Morgan fingerprint density at radius 2 is 2.19 bits per heavy atom. The fourth-order valence-electron chi connectivity index (χ4n) is 1.08. The molecule has 1 aromatic carbocycles. The van der Waals surface area contributed by atoms with Gasteiger partial charge in [0.25, 0.3) is 0 Å². The largest absolute Gasteiger partial charge is 0.478 e. The second-order valence-electron chi connectivity index (χ2n) is 3.46. The fourth-order valence-corrected chi connectivity index (χ4v) is 1.24. The summed E-state index contributed by atoms with van der Waals surface area (Å²) in [6.07, 6.45) is 0. The lowest BCUT2D eigenvalue weighted by Gasteiger charge is -2.09. The van der Waals surface area contributed by atoms with Gasteiger partial charge in [-0.15, -0.1) is 0 Å². The van der Waals surface area contributed by atoms with Gasteiger partial charge in [-0.05, 0) is 18.2 Å². The summed E-state index contributed by atoms with van der Waals surface area (Å²) in [5.74, 6) is -0.947. The highest BCUT2D eigenvalue weighted by atomic mass is 32.1. The standard InChI is InChI=1S/C11H13NO3S/c1-7(6-16)10(13)12-9-4-2-3-8(5-9)11(14)15/h2-5,7,16H,6H2,1H3,(H,12,13)(H,14,15)/t7-/m1/s1. The van der Waals surface area contributed by atoms with Crippen LogP contribution in [0.25, 0.3) is 0 Å². The molecule has 0 aliphatic heterocycles. The number of carbonyl (C=O) groups is 2. The molecule has 1 atom stereocenters. The molecular weight excluding hydrogens is 226 g/mol. The van der Waals surface area contributed by atoms with E-state index in [2.05, 4.69) is 17.9 Å². The van der Waals surface area contributed by atoms with Crippen LogP contribution in [0.15, 0.2) is 24.3 Å². The van der Waals surface area contributed by atoms with Crippen LogP contribution in [0.1, 0.15) is 17.3 Å². The van der Waals surface area contributed by atoms with Gasteiger partial charge in [0.05, 0.1) is 5.56 Å². The second kappa shape index (κ2) is 5.55. The molecule has 5 heteroatoms. The van der Waals surface area contributed by atoms with Gasteiger partial charge < -0.3 is 10.4 Å². The zero-order valence-electron chi connectivity index (χ0n) is 8.80. The average Bonchev–Trinajstić information content (AvgIpc) is 2.28. The minimum Gasteiger partial charge on any atom is -0.478 e. The number of thiol groups is 1. The monoisotopic (exact) mass is 239 g/mol. The molecule has 0 aliphatic rings. The molecule has 86 valence electrons. The van der Waals surface area contributed by atoms with E-state index in [0.29, 0.717) is 11.4 Å². The van der Waals surface area contributed by atoms with E-state index in [4.69, 9.17) is 5.11 Å². The van der Waals surface area contributed by atoms with Gasteiger partial charge in [0, 0.05) is 17.4 Å². The highest BCUT2D eigenvalue weighted by Gasteiger charge is 2.11. The summed E-state index contributed by atoms with van der Waals surface area (Å²) in [5.41, 5.74) is 0.634. The molecule has 1 rings (SSSR count). The third kappa shape index (κ3) is 3.27. The van der Waals surface area contributed by atoms with Crippen LogP contribution in [0.5, 0.6) is 0 Å². The maximum atomic E-state index is 11.5. The van der Waals surface area contributed by atoms with Crippen molar-refractivity contribution in [1.29, 1.82) is 0 Å². The summed E-state index contributed by atoms with van der Waals surface area (Å²) in [5, 5.41) is 11.4. The highest BCUT2D eigenvalue weighted by Crippen LogP contribution is 2.12. The first-order valence-electron chi connectivity index (χ1n) is 4.79. The van der Waals surface area contributed by atoms with Crippen molar-refractivity contribution in [2.45, 2.75) is 6.92 Å². The van der Waals surface area contributed by atoms with E-state index >= 15 is 0 Å². The molecule has 0 aliphatic carbocycles. The van der Waals surface area contributed by atoms with Gasteiger partial charge >= 0.3 is 5.97 Å². The Labute approximate surface area is 99.1 Å². The predicted molar refractivity (Wildman–Crippen MR) is 65.0 cm³/mol. The minimum atomic E-state index is -1.02. The van der Waals surface area contributed by atoms with Crippen LogP contribution >= 0.6 is 12.6 Å². The number of benzene rings is 1. The average molecular weight is 239 g/mol. The Morgan fingerprint density at radius 3 is 2.75 bits per heavy atom. The number of anilines is 1. The molecule has 0 heterocycles. The molecule has 1 amide bonds. The highest BCUT2D eigenvalue weighted by molar-refractivity contribution is 7.80. The maximum absolute atomic E-state index is 11.5. The van der Waals surface area contributed by atoms with Gasteiger partial charge in [0.2, 0.25) is 5.91 Å². The minimum absolute atomic E-state index is 0.149. The molecule has 0 fully saturated rings. The van der Waals surface area contributed by atoms with Gasteiger partial charge in [0.15, 0.2) is 0 Å². The van der Waals surface area contributed by atoms with E-state index < -0.39 is 5.97 Å². The number of hydrogen-bond acceptors (Lipinski definition) is 3. The van der Waals surface area contributed by atoms with Crippen molar-refractivity contribution in [2.75, 3.05) is 11.1 Å². The van der Waals surface area contributed by atoms with Crippen molar-refractivity contribution < 1.29 is 14.7 Å². The Kier molecular flexibility index (Phi) is 4.37. The molecular formula is C11H13NO3S. The molecule has 4 nitrogen and oxygen atoms in total. The summed E-state index contributed by atoms with van der Waals surface area (Å²) in [6, 6.07) is 6.13. The predicted octanol–water partition coefficient (Wildman–Crippen LogP) is 1.89. The van der Waals surface area contributed by atoms with Crippen molar-refractivity contribution in [1.82, 2.24) is 0 Å². The van der Waals surface area contributed by atoms with E-state index in [9.17, 15) is 9.59 Å². The van der Waals surface area contributed by atoms with Crippen LogP contribution in [0.4, 0.5) is 5.69 Å². The van der Waals surface area contributed by atoms with Gasteiger partial charge in [-0.3, -0.25) is 4.79 Å². The summed E-state index contributed by atoms with van der Waals surface area (Å²) in [4.78, 5) is 22.2. The second-order valence-corrected chi connectivity index (χ2v) is 3.82. The molecule has 0 aromatic heterocycles. The van der Waals surface area contributed by atoms with Gasteiger partial charge in [-0.25, -0.2) is 4.79 Å². The first kappa shape index (κ1) is 12.6. The number of carboxylic acid groups (broad SMARTS) is 1. The van der Waals surface area contributed by atoms with E-state index in [1.807, 2.05) is 0 Å². The Morgan fingerprint density at radius 1 is 1.50 bits per heavy atom. The maximum Gasteiger partial charge on any atom is 0.335 e. The summed E-state index contributed by atoms with van der Waals surface area (Å²) < 4.78 is 0. The van der Waals surface area contributed by atoms with Gasteiger partial charge in [0.1, 0.15) is 0 Å². The summed E-state index contributed by atoms with van der Waals surface area (Å²) >= 11 is 4.02. The number of carbonyl (C=O) groups excluding carboxylic acids is 1. The van der Waals surface area contributed by atoms with Crippen molar-refractivity contribution in [3.05, 3.63) is 29.8 Å². The lowest BCUT2D eigenvalue weighted by Crippen LogP contribution is -2.21. The van der Waals surface area contributed by atoms with Crippen LogP contribution in [0.2, 0.25) is 0 Å². The smallest absolute Gasteiger partial charge is 0.335 e. The van der Waals surface area contributed by atoms with Crippen LogP contribution in [0.3, 0.4) is 0 Å². The van der Waals surface area contributed by atoms with Crippen LogP contribution < -0.4 is 5.32 Å². The summed E-state index contributed by atoms with van der Waals surface area (Å²) in [6.45, 7) is 1.75. The molecule has 0 spiro atoms. The van der Waals surface area contributed by atoms with Gasteiger partial charge in [-0.2, -0.15) is 12.6 Å². The molecule has 0 bridgehead atoms. The zero-order chi connectivity index (χ0) is 12.1. The van der Waals surface area contributed by atoms with E-state index in [1.54, 1.807) is 19.1 Å². The zero-order valence-corrected chi connectivity index (χ0v) is 9.70.